The number of halogens is 2. The smallest absolute Gasteiger partial charge is 0.305 e. The standard InChI is InChI=1S/C14H25I2NO5/c15-7-3-1-5-13(18)21-11-9-17(20)10-12-22-14(19)6-2-4-8-16/h20H,1-12H2. The van der Waals surface area contributed by atoms with Gasteiger partial charge in [0.15, 0.2) is 0 Å². The lowest BCUT2D eigenvalue weighted by atomic mass is 10.2. The van der Waals surface area contributed by atoms with E-state index in [0.717, 1.165) is 39.6 Å². The summed E-state index contributed by atoms with van der Waals surface area (Å²) in [5, 5.41) is 10.5. The molecule has 6 nitrogen and oxygen atoms in total. The van der Waals surface area contributed by atoms with Crippen LogP contribution in [0.25, 0.3) is 0 Å². The summed E-state index contributed by atoms with van der Waals surface area (Å²) >= 11 is 4.54. The Bertz CT molecular complexity index is 277. The molecule has 1 N–H and O–H groups in total. The highest BCUT2D eigenvalue weighted by Gasteiger charge is 2.07. The number of alkyl halides is 2. The Morgan fingerprint density at radius 2 is 1.23 bits per heavy atom. The molecule has 0 saturated heterocycles. The van der Waals surface area contributed by atoms with Crippen LogP contribution in [0.2, 0.25) is 0 Å². The molecule has 0 atom stereocenters. The minimum absolute atomic E-state index is 0.142. The van der Waals surface area contributed by atoms with Crippen LogP contribution in [0.3, 0.4) is 0 Å². The number of carbonyl (C=O) groups is 2. The molecule has 22 heavy (non-hydrogen) atoms. The van der Waals surface area contributed by atoms with Gasteiger partial charge in [0.25, 0.3) is 0 Å². The molecular weight excluding hydrogens is 516 g/mol. The number of carbonyl (C=O) groups excluding carboxylic acids is 2. The first-order valence-electron chi connectivity index (χ1n) is 7.47. The van der Waals surface area contributed by atoms with Crippen molar-refractivity contribution in [3.8, 4) is 0 Å². The summed E-state index contributed by atoms with van der Waals surface area (Å²) in [6.07, 6.45) is 4.51. The van der Waals surface area contributed by atoms with Gasteiger partial charge in [0.1, 0.15) is 13.2 Å². The van der Waals surface area contributed by atoms with E-state index in [9.17, 15) is 14.8 Å². The van der Waals surface area contributed by atoms with Crippen molar-refractivity contribution in [2.45, 2.75) is 38.5 Å². The van der Waals surface area contributed by atoms with Crippen molar-refractivity contribution in [3.63, 3.8) is 0 Å². The van der Waals surface area contributed by atoms with Gasteiger partial charge in [-0.3, -0.25) is 9.59 Å². The maximum absolute atomic E-state index is 11.3. The summed E-state index contributed by atoms with van der Waals surface area (Å²) in [7, 11) is 0. The maximum Gasteiger partial charge on any atom is 0.305 e. The first kappa shape index (κ1) is 22.3. The van der Waals surface area contributed by atoms with Gasteiger partial charge in [-0.25, -0.2) is 0 Å². The largest absolute Gasteiger partial charge is 0.464 e. The van der Waals surface area contributed by atoms with Crippen LogP contribution in [-0.2, 0) is 19.1 Å². The number of esters is 2. The van der Waals surface area contributed by atoms with Crippen LogP contribution in [-0.4, -0.2) is 57.4 Å². The molecular formula is C14H25I2NO5. The summed E-state index contributed by atoms with van der Waals surface area (Å²) in [4.78, 5) is 22.7. The molecule has 130 valence electrons. The number of rotatable bonds is 14. The van der Waals surface area contributed by atoms with Crippen molar-refractivity contribution in [2.24, 2.45) is 0 Å². The highest BCUT2D eigenvalue weighted by atomic mass is 127. The molecule has 0 bridgehead atoms. The molecule has 0 spiro atoms. The number of hydrogen-bond acceptors (Lipinski definition) is 6. The second kappa shape index (κ2) is 16.2. The van der Waals surface area contributed by atoms with Gasteiger partial charge in [0, 0.05) is 12.8 Å². The quantitative estimate of drug-likeness (QED) is 0.120. The predicted molar refractivity (Wildman–Crippen MR) is 101 cm³/mol. The topological polar surface area (TPSA) is 76.1 Å². The Morgan fingerprint density at radius 3 is 1.59 bits per heavy atom. The van der Waals surface area contributed by atoms with E-state index in [2.05, 4.69) is 45.2 Å². The third kappa shape index (κ3) is 15.2. The number of hydroxylamine groups is 2. The fourth-order valence-electron chi connectivity index (χ4n) is 1.51. The van der Waals surface area contributed by atoms with Crippen LogP contribution >= 0.6 is 45.2 Å². The Balaban J connectivity index is 3.47. The predicted octanol–water partition coefficient (Wildman–Crippen LogP) is 2.97. The first-order valence-corrected chi connectivity index (χ1v) is 10.5. The molecule has 0 rings (SSSR count). The van der Waals surface area contributed by atoms with Crippen molar-refractivity contribution >= 4 is 57.1 Å². The van der Waals surface area contributed by atoms with Crippen molar-refractivity contribution in [1.29, 1.82) is 0 Å². The van der Waals surface area contributed by atoms with Crippen LogP contribution < -0.4 is 0 Å². The number of nitrogens with zero attached hydrogens (tertiary/aromatic N) is 1. The fourth-order valence-corrected chi connectivity index (χ4v) is 2.59. The van der Waals surface area contributed by atoms with E-state index in [0.29, 0.717) is 12.8 Å². The lowest BCUT2D eigenvalue weighted by Crippen LogP contribution is -2.29. The fraction of sp³-hybridized carbons (Fsp3) is 0.857. The number of ether oxygens (including phenoxy) is 2. The second-order valence-corrected chi connectivity index (χ2v) is 6.84. The lowest BCUT2D eigenvalue weighted by molar-refractivity contribution is -0.154. The molecule has 0 unspecified atom stereocenters. The van der Waals surface area contributed by atoms with Crippen LogP contribution in [0, 0.1) is 0 Å². The second-order valence-electron chi connectivity index (χ2n) is 4.69. The molecule has 0 aliphatic heterocycles. The van der Waals surface area contributed by atoms with Gasteiger partial charge < -0.3 is 14.7 Å². The van der Waals surface area contributed by atoms with Gasteiger partial charge in [0.2, 0.25) is 0 Å². The van der Waals surface area contributed by atoms with Gasteiger partial charge in [-0.05, 0) is 34.5 Å². The lowest BCUT2D eigenvalue weighted by Gasteiger charge is -2.14. The average Bonchev–Trinajstić information content (AvgIpc) is 2.48. The molecule has 0 saturated carbocycles. The third-order valence-corrected chi connectivity index (χ3v) is 4.28. The third-order valence-electron chi connectivity index (χ3n) is 2.75. The molecule has 0 fully saturated rings. The molecule has 0 heterocycles. The van der Waals surface area contributed by atoms with Gasteiger partial charge in [-0.1, -0.05) is 45.2 Å². The molecule has 0 aliphatic carbocycles. The highest BCUT2D eigenvalue weighted by Crippen LogP contribution is 2.01. The summed E-state index contributed by atoms with van der Waals surface area (Å²) in [5.41, 5.74) is 0. The van der Waals surface area contributed by atoms with E-state index in [1.165, 1.54) is 0 Å². The van der Waals surface area contributed by atoms with E-state index >= 15 is 0 Å². The molecule has 0 aliphatic rings. The normalized spacial score (nSPS) is 10.7. The van der Waals surface area contributed by atoms with Gasteiger partial charge in [0.05, 0.1) is 13.1 Å². The molecule has 0 aromatic carbocycles. The van der Waals surface area contributed by atoms with E-state index in [-0.39, 0.29) is 38.2 Å². The van der Waals surface area contributed by atoms with Crippen LogP contribution in [0.15, 0.2) is 0 Å². The van der Waals surface area contributed by atoms with Crippen molar-refractivity contribution in [2.75, 3.05) is 35.2 Å². The summed E-state index contributed by atoms with van der Waals surface area (Å²) in [6, 6.07) is 0. The van der Waals surface area contributed by atoms with E-state index < -0.39 is 0 Å². The van der Waals surface area contributed by atoms with Crippen molar-refractivity contribution < 1.29 is 24.3 Å². The van der Waals surface area contributed by atoms with Crippen LogP contribution in [0.4, 0.5) is 0 Å². The average molecular weight is 541 g/mol. The zero-order valence-electron chi connectivity index (χ0n) is 12.8. The Morgan fingerprint density at radius 1 is 0.818 bits per heavy atom. The van der Waals surface area contributed by atoms with Crippen molar-refractivity contribution in [3.05, 3.63) is 0 Å². The Hall–Kier alpha value is 0.320. The first-order chi connectivity index (χ1) is 10.6. The monoisotopic (exact) mass is 541 g/mol. The molecule has 0 radical (unpaired) electrons. The highest BCUT2D eigenvalue weighted by molar-refractivity contribution is 14.1. The maximum atomic E-state index is 11.3. The molecule has 0 aromatic heterocycles. The van der Waals surface area contributed by atoms with E-state index in [4.69, 9.17) is 9.47 Å². The zero-order valence-corrected chi connectivity index (χ0v) is 17.1. The summed E-state index contributed by atoms with van der Waals surface area (Å²) in [6.45, 7) is 0.709. The minimum Gasteiger partial charge on any atom is -0.464 e. The zero-order chi connectivity index (χ0) is 16.6. The number of unbranched alkanes of at least 4 members (excludes halogenated alkanes) is 2. The minimum atomic E-state index is -0.236. The molecule has 8 heteroatoms. The Labute approximate surface area is 159 Å². The van der Waals surface area contributed by atoms with Crippen LogP contribution in [0.5, 0.6) is 0 Å². The van der Waals surface area contributed by atoms with Gasteiger partial charge >= 0.3 is 11.9 Å². The SMILES string of the molecule is O=C(CCCCI)OCCN(O)CCOC(=O)CCCCI. The van der Waals surface area contributed by atoms with Crippen molar-refractivity contribution in [1.82, 2.24) is 5.06 Å². The van der Waals surface area contributed by atoms with Crippen LogP contribution in [0.1, 0.15) is 38.5 Å². The Kier molecular flexibility index (Phi) is 16.4. The summed E-state index contributed by atoms with van der Waals surface area (Å²) in [5.74, 6) is -0.472. The van der Waals surface area contributed by atoms with Gasteiger partial charge in [-0.15, -0.1) is 0 Å². The number of hydrogen-bond donors (Lipinski definition) is 1. The summed E-state index contributed by atoms with van der Waals surface area (Å²) < 4.78 is 12.1. The van der Waals surface area contributed by atoms with E-state index in [1.807, 2.05) is 0 Å². The van der Waals surface area contributed by atoms with E-state index in [1.54, 1.807) is 0 Å². The van der Waals surface area contributed by atoms with Gasteiger partial charge in [-0.2, -0.15) is 5.06 Å². The molecule has 0 aromatic rings. The molecule has 0 amide bonds.